The third-order valence-electron chi connectivity index (χ3n) is 2.96. The molecule has 0 fully saturated rings. The first-order chi connectivity index (χ1) is 9.29. The molecule has 1 heterocycles. The van der Waals surface area contributed by atoms with Crippen LogP contribution in [0.2, 0.25) is 0 Å². The highest BCUT2D eigenvalue weighted by Gasteiger charge is 2.18. The molecule has 0 atom stereocenters. The van der Waals surface area contributed by atoms with E-state index in [4.69, 9.17) is 0 Å². The van der Waals surface area contributed by atoms with Crippen LogP contribution in [0, 0.1) is 13.8 Å². The number of aryl methyl sites for hydroxylation is 2. The van der Waals surface area contributed by atoms with E-state index >= 15 is 0 Å². The minimum Gasteiger partial charge on any atom is -0.255 e. The number of benzene rings is 1. The molecule has 0 aliphatic rings. The maximum atomic E-state index is 12.4. The van der Waals surface area contributed by atoms with E-state index in [2.05, 4.69) is 9.71 Å². The Morgan fingerprint density at radius 3 is 2.50 bits per heavy atom. The lowest BCUT2D eigenvalue weighted by Gasteiger charge is -2.08. The SMILES string of the molecule is Cc1ccc(S(=O)(=O)Nc2nc(C(C)C)cs2)c(C)c1. The van der Waals surface area contributed by atoms with Gasteiger partial charge in [0.15, 0.2) is 5.13 Å². The number of hydrogen-bond acceptors (Lipinski definition) is 4. The molecule has 0 saturated carbocycles. The van der Waals surface area contributed by atoms with Crippen LogP contribution in [0.1, 0.15) is 36.6 Å². The van der Waals surface area contributed by atoms with Gasteiger partial charge in [-0.3, -0.25) is 4.72 Å². The minimum atomic E-state index is -3.58. The lowest BCUT2D eigenvalue weighted by Crippen LogP contribution is -2.14. The zero-order valence-corrected chi connectivity index (χ0v) is 13.6. The molecule has 4 nitrogen and oxygen atoms in total. The number of hydrogen-bond donors (Lipinski definition) is 1. The fraction of sp³-hybridized carbons (Fsp3) is 0.357. The van der Waals surface area contributed by atoms with Gasteiger partial charge < -0.3 is 0 Å². The smallest absolute Gasteiger partial charge is 0.255 e. The second-order valence-electron chi connectivity index (χ2n) is 5.11. The summed E-state index contributed by atoms with van der Waals surface area (Å²) in [5, 5.41) is 2.29. The van der Waals surface area contributed by atoms with Gasteiger partial charge >= 0.3 is 0 Å². The third-order valence-corrected chi connectivity index (χ3v) is 5.36. The molecule has 0 aliphatic heterocycles. The molecule has 2 rings (SSSR count). The highest BCUT2D eigenvalue weighted by atomic mass is 32.2. The van der Waals surface area contributed by atoms with Crippen LogP contribution in [0.25, 0.3) is 0 Å². The van der Waals surface area contributed by atoms with Crippen molar-refractivity contribution in [2.75, 3.05) is 4.72 Å². The maximum absolute atomic E-state index is 12.4. The van der Waals surface area contributed by atoms with Crippen LogP contribution in [0.5, 0.6) is 0 Å². The Morgan fingerprint density at radius 1 is 1.25 bits per heavy atom. The van der Waals surface area contributed by atoms with Crippen molar-refractivity contribution >= 4 is 26.5 Å². The third kappa shape index (κ3) is 3.19. The molecule has 2 aromatic rings. The number of aromatic nitrogens is 1. The number of anilines is 1. The molecule has 0 spiro atoms. The molecular formula is C14H18N2O2S2. The molecule has 0 bridgehead atoms. The van der Waals surface area contributed by atoms with Crippen LogP contribution >= 0.6 is 11.3 Å². The van der Waals surface area contributed by atoms with E-state index in [9.17, 15) is 8.42 Å². The first-order valence-electron chi connectivity index (χ1n) is 6.35. The van der Waals surface area contributed by atoms with Gasteiger partial charge in [-0.1, -0.05) is 31.5 Å². The van der Waals surface area contributed by atoms with E-state index in [1.54, 1.807) is 19.1 Å². The first-order valence-corrected chi connectivity index (χ1v) is 8.71. The van der Waals surface area contributed by atoms with Crippen molar-refractivity contribution < 1.29 is 8.42 Å². The molecule has 6 heteroatoms. The highest BCUT2D eigenvalue weighted by molar-refractivity contribution is 7.93. The molecule has 1 aromatic heterocycles. The van der Waals surface area contributed by atoms with Crippen molar-refractivity contribution in [2.24, 2.45) is 0 Å². The number of sulfonamides is 1. The monoisotopic (exact) mass is 310 g/mol. The lowest BCUT2D eigenvalue weighted by atomic mass is 10.2. The first kappa shape index (κ1) is 15.0. The Kier molecular flexibility index (Phi) is 4.15. The van der Waals surface area contributed by atoms with Crippen LogP contribution < -0.4 is 4.72 Å². The fourth-order valence-corrected chi connectivity index (χ4v) is 4.22. The van der Waals surface area contributed by atoms with Crippen molar-refractivity contribution in [2.45, 2.75) is 38.5 Å². The summed E-state index contributed by atoms with van der Waals surface area (Å²) < 4.78 is 27.3. The predicted octanol–water partition coefficient (Wildman–Crippen LogP) is 3.68. The van der Waals surface area contributed by atoms with Gasteiger partial charge in [-0.25, -0.2) is 13.4 Å². The van der Waals surface area contributed by atoms with E-state index in [1.807, 2.05) is 32.2 Å². The van der Waals surface area contributed by atoms with Gasteiger partial charge in [0.25, 0.3) is 10.0 Å². The van der Waals surface area contributed by atoms with E-state index in [1.165, 1.54) is 11.3 Å². The average Bonchev–Trinajstić information content (AvgIpc) is 2.76. The molecule has 1 N–H and O–H groups in total. The predicted molar refractivity (Wildman–Crippen MR) is 82.9 cm³/mol. The van der Waals surface area contributed by atoms with E-state index < -0.39 is 10.0 Å². The van der Waals surface area contributed by atoms with Crippen molar-refractivity contribution in [3.05, 3.63) is 40.4 Å². The topological polar surface area (TPSA) is 59.1 Å². The standard InChI is InChI=1S/C14H18N2O2S2/c1-9(2)12-8-19-14(15-12)16-20(17,18)13-6-5-10(3)7-11(13)4/h5-9H,1-4H3,(H,15,16). The number of thiazole rings is 1. The lowest BCUT2D eigenvalue weighted by molar-refractivity contribution is 0.600. The summed E-state index contributed by atoms with van der Waals surface area (Å²) in [5.74, 6) is 0.283. The molecule has 108 valence electrons. The zero-order chi connectivity index (χ0) is 14.9. The molecule has 0 amide bonds. The summed E-state index contributed by atoms with van der Waals surface area (Å²) in [6.07, 6.45) is 0. The van der Waals surface area contributed by atoms with Crippen molar-refractivity contribution in [1.82, 2.24) is 4.98 Å². The van der Waals surface area contributed by atoms with Gasteiger partial charge in [0.1, 0.15) is 0 Å². The summed E-state index contributed by atoms with van der Waals surface area (Å²) in [7, 11) is -3.58. The van der Waals surface area contributed by atoms with E-state index in [-0.39, 0.29) is 5.92 Å². The van der Waals surface area contributed by atoms with Crippen LogP contribution in [0.4, 0.5) is 5.13 Å². The largest absolute Gasteiger partial charge is 0.263 e. The Morgan fingerprint density at radius 2 is 1.95 bits per heavy atom. The molecule has 0 saturated heterocycles. The summed E-state index contributed by atoms with van der Waals surface area (Å²) in [6, 6.07) is 5.28. The molecule has 0 radical (unpaired) electrons. The maximum Gasteiger partial charge on any atom is 0.263 e. The summed E-state index contributed by atoms with van der Waals surface area (Å²) in [6.45, 7) is 7.78. The second kappa shape index (κ2) is 5.54. The van der Waals surface area contributed by atoms with E-state index in [0.29, 0.717) is 10.0 Å². The van der Waals surface area contributed by atoms with Gasteiger partial charge in [-0.2, -0.15) is 0 Å². The summed E-state index contributed by atoms with van der Waals surface area (Å²) in [4.78, 5) is 4.59. The number of nitrogens with one attached hydrogen (secondary N) is 1. The number of nitrogens with zero attached hydrogens (tertiary/aromatic N) is 1. The van der Waals surface area contributed by atoms with Crippen molar-refractivity contribution in [3.8, 4) is 0 Å². The molecule has 0 aliphatic carbocycles. The van der Waals surface area contributed by atoms with Gasteiger partial charge in [0.2, 0.25) is 0 Å². The summed E-state index contributed by atoms with van der Waals surface area (Å²) in [5.41, 5.74) is 2.67. The Hall–Kier alpha value is -1.40. The minimum absolute atomic E-state index is 0.283. The van der Waals surface area contributed by atoms with Crippen LogP contribution in [-0.2, 0) is 10.0 Å². The molecule has 1 aromatic carbocycles. The fourth-order valence-electron chi connectivity index (χ4n) is 1.87. The van der Waals surface area contributed by atoms with Gasteiger partial charge in [-0.15, -0.1) is 11.3 Å². The Balaban J connectivity index is 2.30. The highest BCUT2D eigenvalue weighted by Crippen LogP contribution is 2.25. The second-order valence-corrected chi connectivity index (χ2v) is 7.62. The molecule has 0 unspecified atom stereocenters. The summed E-state index contributed by atoms with van der Waals surface area (Å²) >= 11 is 1.31. The van der Waals surface area contributed by atoms with Crippen LogP contribution in [0.3, 0.4) is 0 Å². The Labute approximate surface area is 123 Å². The van der Waals surface area contributed by atoms with Crippen molar-refractivity contribution in [3.63, 3.8) is 0 Å². The van der Waals surface area contributed by atoms with Crippen LogP contribution in [-0.4, -0.2) is 13.4 Å². The zero-order valence-electron chi connectivity index (χ0n) is 12.0. The number of rotatable bonds is 4. The van der Waals surface area contributed by atoms with Crippen LogP contribution in [0.15, 0.2) is 28.5 Å². The average molecular weight is 310 g/mol. The quantitative estimate of drug-likeness (QED) is 0.937. The normalized spacial score (nSPS) is 11.8. The molecule has 20 heavy (non-hydrogen) atoms. The van der Waals surface area contributed by atoms with Crippen molar-refractivity contribution in [1.29, 1.82) is 0 Å². The van der Waals surface area contributed by atoms with Gasteiger partial charge in [-0.05, 0) is 31.4 Å². The Bertz CT molecular complexity index is 719. The van der Waals surface area contributed by atoms with E-state index in [0.717, 1.165) is 16.8 Å². The van der Waals surface area contributed by atoms with Gasteiger partial charge in [0, 0.05) is 5.38 Å². The van der Waals surface area contributed by atoms with Gasteiger partial charge in [0.05, 0.1) is 10.6 Å². The molecular weight excluding hydrogens is 292 g/mol.